The zero-order valence-corrected chi connectivity index (χ0v) is 5.76. The van der Waals surface area contributed by atoms with Crippen LogP contribution in [0, 0.1) is 0 Å². The van der Waals surface area contributed by atoms with Crippen LogP contribution in [0.25, 0.3) is 0 Å². The summed E-state index contributed by atoms with van der Waals surface area (Å²) in [5.74, 6) is 0. The molecule has 0 aliphatic carbocycles. The summed E-state index contributed by atoms with van der Waals surface area (Å²) < 4.78 is 5.45. The van der Waals surface area contributed by atoms with E-state index in [1.807, 2.05) is 6.92 Å². The molecular formula is C6H14N2O. The van der Waals surface area contributed by atoms with E-state index in [1.54, 1.807) is 0 Å². The molecule has 1 saturated heterocycles. The van der Waals surface area contributed by atoms with Crippen LogP contribution in [0.3, 0.4) is 0 Å². The maximum Gasteiger partial charge on any atom is 0.0827 e. The Morgan fingerprint density at radius 3 is 2.78 bits per heavy atom. The Morgan fingerprint density at radius 2 is 2.44 bits per heavy atom. The monoisotopic (exact) mass is 130 g/mol. The molecule has 0 aromatic carbocycles. The second-order valence-corrected chi connectivity index (χ2v) is 2.46. The highest BCUT2D eigenvalue weighted by Gasteiger charge is 2.18. The highest BCUT2D eigenvalue weighted by Crippen LogP contribution is 2.01. The largest absolute Gasteiger partial charge is 0.371 e. The lowest BCUT2D eigenvalue weighted by molar-refractivity contribution is -0.0242. The van der Waals surface area contributed by atoms with Gasteiger partial charge in [0.2, 0.25) is 0 Å². The van der Waals surface area contributed by atoms with Gasteiger partial charge in [-0.05, 0) is 6.92 Å². The third kappa shape index (κ3) is 1.93. The van der Waals surface area contributed by atoms with Crippen LogP contribution in [-0.4, -0.2) is 31.8 Å². The molecule has 3 N–H and O–H groups in total. The molecule has 0 spiro atoms. The summed E-state index contributed by atoms with van der Waals surface area (Å²) in [7, 11) is 0. The summed E-state index contributed by atoms with van der Waals surface area (Å²) in [5.41, 5.74) is 5.35. The lowest BCUT2D eigenvalue weighted by Gasteiger charge is -2.29. The third-order valence-electron chi connectivity index (χ3n) is 1.50. The number of hydrogen-bond donors (Lipinski definition) is 2. The van der Waals surface area contributed by atoms with E-state index >= 15 is 0 Å². The molecule has 1 aliphatic rings. The molecule has 0 saturated carbocycles. The van der Waals surface area contributed by atoms with E-state index in [0.717, 1.165) is 13.1 Å². The average molecular weight is 130 g/mol. The van der Waals surface area contributed by atoms with Crippen molar-refractivity contribution in [3.63, 3.8) is 0 Å². The molecule has 3 heteroatoms. The Hall–Kier alpha value is -0.120. The van der Waals surface area contributed by atoms with Gasteiger partial charge in [0.1, 0.15) is 0 Å². The summed E-state index contributed by atoms with van der Waals surface area (Å²) in [6.07, 6.45) is 0.639. The van der Waals surface area contributed by atoms with E-state index < -0.39 is 0 Å². The smallest absolute Gasteiger partial charge is 0.0827 e. The van der Waals surface area contributed by atoms with Crippen molar-refractivity contribution in [2.45, 2.75) is 19.1 Å². The Morgan fingerprint density at radius 1 is 1.78 bits per heavy atom. The van der Waals surface area contributed by atoms with Crippen LogP contribution in [0.4, 0.5) is 0 Å². The first-order valence-electron chi connectivity index (χ1n) is 3.39. The first kappa shape index (κ1) is 6.99. The molecule has 9 heavy (non-hydrogen) atoms. The fourth-order valence-corrected chi connectivity index (χ4v) is 0.743. The van der Waals surface area contributed by atoms with Gasteiger partial charge in [0.05, 0.1) is 12.2 Å². The maximum absolute atomic E-state index is 5.45. The van der Waals surface area contributed by atoms with Crippen molar-refractivity contribution in [1.29, 1.82) is 0 Å². The van der Waals surface area contributed by atoms with Crippen molar-refractivity contribution in [2.75, 3.05) is 19.6 Å². The van der Waals surface area contributed by atoms with E-state index in [2.05, 4.69) is 5.32 Å². The Balaban J connectivity index is 2.01. The molecule has 1 unspecified atom stereocenters. The van der Waals surface area contributed by atoms with Crippen LogP contribution in [-0.2, 0) is 4.74 Å². The van der Waals surface area contributed by atoms with Gasteiger partial charge >= 0.3 is 0 Å². The minimum Gasteiger partial charge on any atom is -0.371 e. The number of rotatable bonds is 3. The predicted octanol–water partition coefficient (Wildman–Crippen LogP) is -0.678. The van der Waals surface area contributed by atoms with Crippen LogP contribution >= 0.6 is 0 Å². The minimum absolute atomic E-state index is 0.220. The number of nitrogens with one attached hydrogen (secondary N) is 1. The molecule has 0 amide bonds. The van der Waals surface area contributed by atoms with Crippen molar-refractivity contribution in [1.82, 2.24) is 5.32 Å². The van der Waals surface area contributed by atoms with Crippen LogP contribution in [0.1, 0.15) is 6.92 Å². The van der Waals surface area contributed by atoms with E-state index in [-0.39, 0.29) is 6.10 Å². The fraction of sp³-hybridized carbons (Fsp3) is 1.00. The molecule has 3 nitrogen and oxygen atoms in total. The molecule has 1 aliphatic heterocycles. The number of nitrogens with two attached hydrogens (primary N) is 1. The summed E-state index contributed by atoms with van der Waals surface area (Å²) in [5, 5.41) is 3.12. The lowest BCUT2D eigenvalue weighted by atomic mass is 10.2. The molecule has 0 radical (unpaired) electrons. The van der Waals surface area contributed by atoms with Crippen molar-refractivity contribution in [2.24, 2.45) is 5.73 Å². The number of ether oxygens (including phenoxy) is 1. The molecule has 0 aromatic rings. The predicted molar refractivity (Wildman–Crippen MR) is 36.3 cm³/mol. The summed E-state index contributed by atoms with van der Waals surface area (Å²) >= 11 is 0. The molecule has 0 bridgehead atoms. The second-order valence-electron chi connectivity index (χ2n) is 2.46. The second kappa shape index (κ2) is 3.15. The van der Waals surface area contributed by atoms with Crippen molar-refractivity contribution < 1.29 is 4.74 Å². The van der Waals surface area contributed by atoms with Crippen LogP contribution in [0.15, 0.2) is 0 Å². The van der Waals surface area contributed by atoms with Gasteiger partial charge in [0.15, 0.2) is 0 Å². The van der Waals surface area contributed by atoms with Gasteiger partial charge in [-0.15, -0.1) is 0 Å². The Kier molecular flexibility index (Phi) is 2.45. The minimum atomic E-state index is 0.220. The molecule has 1 heterocycles. The van der Waals surface area contributed by atoms with E-state index in [0.29, 0.717) is 12.6 Å². The van der Waals surface area contributed by atoms with Gasteiger partial charge in [0.25, 0.3) is 0 Å². The van der Waals surface area contributed by atoms with Crippen molar-refractivity contribution in [3.8, 4) is 0 Å². The van der Waals surface area contributed by atoms with E-state index in [4.69, 9.17) is 10.5 Å². The van der Waals surface area contributed by atoms with Crippen molar-refractivity contribution in [3.05, 3.63) is 0 Å². The van der Waals surface area contributed by atoms with Crippen LogP contribution in [0.5, 0.6) is 0 Å². The zero-order valence-electron chi connectivity index (χ0n) is 5.76. The SMILES string of the molecule is CC(CN)OC1CNC1. The van der Waals surface area contributed by atoms with E-state index in [9.17, 15) is 0 Å². The zero-order chi connectivity index (χ0) is 6.69. The Labute approximate surface area is 55.6 Å². The van der Waals surface area contributed by atoms with E-state index in [1.165, 1.54) is 0 Å². The standard InChI is InChI=1S/C6H14N2O/c1-5(2-7)9-6-3-8-4-6/h5-6,8H,2-4,7H2,1H3. The summed E-state index contributed by atoms with van der Waals surface area (Å²) in [6.45, 7) is 4.60. The summed E-state index contributed by atoms with van der Waals surface area (Å²) in [6, 6.07) is 0. The van der Waals surface area contributed by atoms with Crippen LogP contribution in [0.2, 0.25) is 0 Å². The topological polar surface area (TPSA) is 47.3 Å². The quantitative estimate of drug-likeness (QED) is 0.532. The van der Waals surface area contributed by atoms with Crippen LogP contribution < -0.4 is 11.1 Å². The first-order chi connectivity index (χ1) is 4.33. The molecule has 0 aromatic heterocycles. The maximum atomic E-state index is 5.45. The van der Waals surface area contributed by atoms with Gasteiger partial charge in [-0.2, -0.15) is 0 Å². The molecule has 54 valence electrons. The van der Waals surface area contributed by atoms with Gasteiger partial charge in [-0.3, -0.25) is 0 Å². The fourth-order valence-electron chi connectivity index (χ4n) is 0.743. The summed E-state index contributed by atoms with van der Waals surface area (Å²) in [4.78, 5) is 0. The first-order valence-corrected chi connectivity index (χ1v) is 3.39. The lowest BCUT2D eigenvalue weighted by Crippen LogP contribution is -2.50. The third-order valence-corrected chi connectivity index (χ3v) is 1.50. The highest BCUT2D eigenvalue weighted by atomic mass is 16.5. The molecule has 1 atom stereocenters. The highest BCUT2D eigenvalue weighted by molar-refractivity contribution is 4.75. The van der Waals surface area contributed by atoms with Crippen molar-refractivity contribution >= 4 is 0 Å². The van der Waals surface area contributed by atoms with Gasteiger partial charge < -0.3 is 15.8 Å². The average Bonchev–Trinajstić information content (AvgIpc) is 1.78. The van der Waals surface area contributed by atoms with Gasteiger partial charge in [0, 0.05) is 19.6 Å². The van der Waals surface area contributed by atoms with Gasteiger partial charge in [-0.1, -0.05) is 0 Å². The molecule has 1 fully saturated rings. The number of hydrogen-bond acceptors (Lipinski definition) is 3. The molecule has 1 rings (SSSR count). The van der Waals surface area contributed by atoms with Gasteiger partial charge in [-0.25, -0.2) is 0 Å². The Bertz CT molecular complexity index is 80.4. The molecular weight excluding hydrogens is 116 g/mol. The normalized spacial score (nSPS) is 23.3.